The van der Waals surface area contributed by atoms with E-state index in [2.05, 4.69) is 10.1 Å². The smallest absolute Gasteiger partial charge is 0.213 e. The van der Waals surface area contributed by atoms with Crippen LogP contribution in [0, 0.1) is 6.92 Å². The molecule has 0 bridgehead atoms. The van der Waals surface area contributed by atoms with Gasteiger partial charge in [0.25, 0.3) is 0 Å². The van der Waals surface area contributed by atoms with E-state index in [0.717, 1.165) is 11.4 Å². The summed E-state index contributed by atoms with van der Waals surface area (Å²) in [6.45, 7) is 1.84. The molecule has 0 radical (unpaired) electrons. The normalized spacial score (nSPS) is 12.5. The lowest BCUT2D eigenvalue weighted by atomic mass is 10.1. The van der Waals surface area contributed by atoms with E-state index in [9.17, 15) is 5.11 Å². The van der Waals surface area contributed by atoms with E-state index in [1.54, 1.807) is 37.0 Å². The Bertz CT molecular complexity index is 583. The lowest BCUT2D eigenvalue weighted by Crippen LogP contribution is -2.08. The van der Waals surface area contributed by atoms with Crippen molar-refractivity contribution in [1.29, 1.82) is 0 Å². The predicted octanol–water partition coefficient (Wildman–Crippen LogP) is 2.06. The third-order valence-electron chi connectivity index (χ3n) is 2.94. The van der Waals surface area contributed by atoms with Crippen molar-refractivity contribution in [1.82, 2.24) is 14.8 Å². The fourth-order valence-electron chi connectivity index (χ4n) is 1.92. The Kier molecular flexibility index (Phi) is 4.07. The van der Waals surface area contributed by atoms with Gasteiger partial charge in [0.15, 0.2) is 0 Å². The van der Waals surface area contributed by atoms with Crippen LogP contribution in [0.2, 0.25) is 5.02 Å². The number of pyridine rings is 1. The molecule has 5 nitrogen and oxygen atoms in total. The molecule has 0 spiro atoms. The van der Waals surface area contributed by atoms with Gasteiger partial charge < -0.3 is 9.84 Å². The van der Waals surface area contributed by atoms with Crippen LogP contribution in [-0.4, -0.2) is 27.0 Å². The maximum atomic E-state index is 10.2. The van der Waals surface area contributed by atoms with Crippen molar-refractivity contribution in [2.75, 3.05) is 7.11 Å². The Morgan fingerprint density at radius 1 is 1.47 bits per heavy atom. The number of rotatable bonds is 4. The van der Waals surface area contributed by atoms with E-state index in [1.807, 2.05) is 6.92 Å². The third kappa shape index (κ3) is 2.88. The molecule has 0 aliphatic heterocycles. The summed E-state index contributed by atoms with van der Waals surface area (Å²) in [7, 11) is 3.35. The number of ether oxygens (including phenoxy) is 1. The zero-order chi connectivity index (χ0) is 14.0. The van der Waals surface area contributed by atoms with Crippen LogP contribution >= 0.6 is 11.6 Å². The quantitative estimate of drug-likeness (QED) is 0.932. The number of hydrogen-bond donors (Lipinski definition) is 1. The molecule has 0 saturated heterocycles. The van der Waals surface area contributed by atoms with Crippen LogP contribution in [0.25, 0.3) is 0 Å². The topological polar surface area (TPSA) is 60.2 Å². The molecule has 0 amide bonds. The summed E-state index contributed by atoms with van der Waals surface area (Å²) in [4.78, 5) is 4.21. The molecule has 0 aliphatic carbocycles. The van der Waals surface area contributed by atoms with Crippen molar-refractivity contribution in [2.45, 2.75) is 19.4 Å². The summed E-state index contributed by atoms with van der Waals surface area (Å²) >= 11 is 6.16. The molecule has 1 atom stereocenters. The number of halogens is 1. The molecule has 102 valence electrons. The molecule has 0 saturated carbocycles. The summed E-state index contributed by atoms with van der Waals surface area (Å²) < 4.78 is 6.72. The maximum absolute atomic E-state index is 10.2. The number of nitrogens with zero attached hydrogens (tertiary/aromatic N) is 3. The van der Waals surface area contributed by atoms with E-state index >= 15 is 0 Å². The second-order valence-corrected chi connectivity index (χ2v) is 4.67. The summed E-state index contributed by atoms with van der Waals surface area (Å²) in [5.74, 6) is 0.476. The Morgan fingerprint density at radius 3 is 2.79 bits per heavy atom. The standard InChI is InChI=1S/C13H16ClN3O2/c1-8-13(14)10(17(2)16-8)7-11(18)9-5-4-6-12(15-9)19-3/h4-6,11,18H,7H2,1-3H3. The van der Waals surface area contributed by atoms with E-state index in [4.69, 9.17) is 16.3 Å². The predicted molar refractivity (Wildman–Crippen MR) is 72.4 cm³/mol. The number of methoxy groups -OCH3 is 1. The highest BCUT2D eigenvalue weighted by Gasteiger charge is 2.17. The van der Waals surface area contributed by atoms with Crippen LogP contribution in [0.4, 0.5) is 0 Å². The molecule has 1 N–H and O–H groups in total. The SMILES string of the molecule is COc1cccc(C(O)Cc2c(Cl)c(C)nn2C)n1. The minimum absolute atomic E-state index is 0.357. The molecule has 2 aromatic rings. The second-order valence-electron chi connectivity index (χ2n) is 4.29. The average Bonchev–Trinajstić information content (AvgIpc) is 2.65. The number of aromatic nitrogens is 3. The zero-order valence-electron chi connectivity index (χ0n) is 11.1. The highest BCUT2D eigenvalue weighted by Crippen LogP contribution is 2.25. The Balaban J connectivity index is 2.22. The molecule has 0 aliphatic rings. The van der Waals surface area contributed by atoms with Gasteiger partial charge in [-0.25, -0.2) is 4.98 Å². The zero-order valence-corrected chi connectivity index (χ0v) is 11.8. The molecule has 19 heavy (non-hydrogen) atoms. The Labute approximate surface area is 116 Å². The minimum Gasteiger partial charge on any atom is -0.481 e. The molecule has 6 heteroatoms. The first kappa shape index (κ1) is 13.8. The monoisotopic (exact) mass is 281 g/mol. The van der Waals surface area contributed by atoms with E-state index in [-0.39, 0.29) is 0 Å². The van der Waals surface area contributed by atoms with Crippen LogP contribution in [0.3, 0.4) is 0 Å². The lowest BCUT2D eigenvalue weighted by molar-refractivity contribution is 0.170. The second kappa shape index (κ2) is 5.59. The van der Waals surface area contributed by atoms with Gasteiger partial charge in [0.05, 0.1) is 29.2 Å². The Morgan fingerprint density at radius 2 is 2.21 bits per heavy atom. The molecule has 2 rings (SSSR count). The van der Waals surface area contributed by atoms with Crippen molar-refractivity contribution in [3.05, 3.63) is 40.3 Å². The van der Waals surface area contributed by atoms with Crippen LogP contribution in [-0.2, 0) is 13.5 Å². The van der Waals surface area contributed by atoms with Gasteiger partial charge in [-0.3, -0.25) is 4.68 Å². The number of aliphatic hydroxyl groups excluding tert-OH is 1. The lowest BCUT2D eigenvalue weighted by Gasteiger charge is -2.11. The first-order valence-corrected chi connectivity index (χ1v) is 6.27. The molecule has 1 unspecified atom stereocenters. The highest BCUT2D eigenvalue weighted by atomic mass is 35.5. The number of aliphatic hydroxyl groups is 1. The van der Waals surface area contributed by atoms with Crippen LogP contribution in [0.1, 0.15) is 23.2 Å². The molecule has 0 fully saturated rings. The summed E-state index contributed by atoms with van der Waals surface area (Å²) in [5.41, 5.74) is 2.09. The van der Waals surface area contributed by atoms with Gasteiger partial charge in [0.1, 0.15) is 6.10 Å². The van der Waals surface area contributed by atoms with Gasteiger partial charge in [-0.1, -0.05) is 17.7 Å². The van der Waals surface area contributed by atoms with Crippen molar-refractivity contribution in [2.24, 2.45) is 7.05 Å². The fraction of sp³-hybridized carbons (Fsp3) is 0.385. The van der Waals surface area contributed by atoms with Crippen molar-refractivity contribution >= 4 is 11.6 Å². The molecule has 2 heterocycles. The first-order chi connectivity index (χ1) is 9.02. The third-order valence-corrected chi connectivity index (χ3v) is 3.44. The number of aryl methyl sites for hydroxylation is 2. The van der Waals surface area contributed by atoms with Crippen LogP contribution in [0.5, 0.6) is 5.88 Å². The van der Waals surface area contributed by atoms with Crippen molar-refractivity contribution in [3.63, 3.8) is 0 Å². The van der Waals surface area contributed by atoms with E-state index in [1.165, 1.54) is 0 Å². The van der Waals surface area contributed by atoms with E-state index in [0.29, 0.717) is 23.0 Å². The summed E-state index contributed by atoms with van der Waals surface area (Å²) in [6, 6.07) is 5.28. The molecule has 2 aromatic heterocycles. The first-order valence-electron chi connectivity index (χ1n) is 5.90. The van der Waals surface area contributed by atoms with Crippen LogP contribution in [0.15, 0.2) is 18.2 Å². The average molecular weight is 282 g/mol. The molecular weight excluding hydrogens is 266 g/mol. The largest absolute Gasteiger partial charge is 0.481 e. The van der Waals surface area contributed by atoms with Gasteiger partial charge >= 0.3 is 0 Å². The minimum atomic E-state index is -0.748. The highest BCUT2D eigenvalue weighted by molar-refractivity contribution is 6.31. The van der Waals surface area contributed by atoms with Gasteiger partial charge in [0.2, 0.25) is 5.88 Å². The summed E-state index contributed by atoms with van der Waals surface area (Å²) in [6.07, 6.45) is -0.390. The van der Waals surface area contributed by atoms with Gasteiger partial charge in [-0.15, -0.1) is 0 Å². The maximum Gasteiger partial charge on any atom is 0.213 e. The Hall–Kier alpha value is -1.59. The van der Waals surface area contributed by atoms with E-state index < -0.39 is 6.10 Å². The van der Waals surface area contributed by atoms with Gasteiger partial charge in [-0.05, 0) is 13.0 Å². The van der Waals surface area contributed by atoms with Crippen LogP contribution < -0.4 is 4.74 Å². The molecular formula is C13H16ClN3O2. The molecule has 0 aromatic carbocycles. The van der Waals surface area contributed by atoms with Gasteiger partial charge in [-0.2, -0.15) is 5.10 Å². The van der Waals surface area contributed by atoms with Crippen molar-refractivity contribution in [3.8, 4) is 5.88 Å². The fourth-order valence-corrected chi connectivity index (χ4v) is 2.16. The number of hydrogen-bond acceptors (Lipinski definition) is 4. The van der Waals surface area contributed by atoms with Crippen molar-refractivity contribution < 1.29 is 9.84 Å². The van der Waals surface area contributed by atoms with Gasteiger partial charge in [0, 0.05) is 19.5 Å². The summed E-state index contributed by atoms with van der Waals surface area (Å²) in [5, 5.41) is 15.0.